The number of halogens is 2. The molecule has 0 heterocycles. The van der Waals surface area contributed by atoms with Crippen LogP contribution in [0.5, 0.6) is 0 Å². The Kier molecular flexibility index (Phi) is 5.69. The van der Waals surface area contributed by atoms with Crippen molar-refractivity contribution in [3.8, 4) is 0 Å². The first-order valence-corrected chi connectivity index (χ1v) is 10.9. The Morgan fingerprint density at radius 2 is 1.89 bits per heavy atom. The summed E-state index contributed by atoms with van der Waals surface area (Å²) in [6.45, 7) is 1.42. The van der Waals surface area contributed by atoms with Crippen molar-refractivity contribution in [3.05, 3.63) is 65.2 Å². The van der Waals surface area contributed by atoms with Crippen LogP contribution in [0.2, 0.25) is 0 Å². The van der Waals surface area contributed by atoms with Gasteiger partial charge in [0, 0.05) is 6.07 Å². The van der Waals surface area contributed by atoms with Gasteiger partial charge in [-0.1, -0.05) is 24.3 Å². The average Bonchev–Trinajstić information content (AvgIpc) is 2.64. The van der Waals surface area contributed by atoms with Gasteiger partial charge < -0.3 is 5.32 Å². The van der Waals surface area contributed by atoms with Gasteiger partial charge in [0.05, 0.1) is 18.0 Å². The van der Waals surface area contributed by atoms with Gasteiger partial charge in [-0.3, -0.25) is 9.10 Å². The number of nitrogens with one attached hydrogen (secondary N) is 1. The molecule has 8 heteroatoms. The van der Waals surface area contributed by atoms with E-state index >= 15 is 0 Å². The number of aryl methyl sites for hydroxylation is 1. The summed E-state index contributed by atoms with van der Waals surface area (Å²) in [6, 6.07) is 9.21. The van der Waals surface area contributed by atoms with Crippen molar-refractivity contribution < 1.29 is 22.0 Å². The zero-order chi connectivity index (χ0) is 20.5. The second kappa shape index (κ2) is 7.87. The van der Waals surface area contributed by atoms with E-state index in [2.05, 4.69) is 5.32 Å². The van der Waals surface area contributed by atoms with Gasteiger partial charge in [0.25, 0.3) is 0 Å². The minimum Gasteiger partial charge on any atom is -0.347 e. The number of rotatable bonds is 5. The van der Waals surface area contributed by atoms with Gasteiger partial charge in [-0.25, -0.2) is 17.2 Å². The average molecular weight is 408 g/mol. The fourth-order valence-corrected chi connectivity index (χ4v) is 4.79. The molecule has 2 aromatic rings. The molecule has 3 rings (SSSR count). The SMILES string of the molecule is C[C@@H](C(=O)N[C@@H]1CCCc2ccccc21)N(c1ccc(F)c(F)c1)S(C)(=O)=O. The number of nitrogens with zero attached hydrogens (tertiary/aromatic N) is 1. The molecule has 0 bridgehead atoms. The summed E-state index contributed by atoms with van der Waals surface area (Å²) >= 11 is 0. The molecular formula is C20H22F2N2O3S. The van der Waals surface area contributed by atoms with Gasteiger partial charge in [-0.15, -0.1) is 0 Å². The van der Waals surface area contributed by atoms with Crippen molar-refractivity contribution in [1.29, 1.82) is 0 Å². The highest BCUT2D eigenvalue weighted by Gasteiger charge is 2.32. The summed E-state index contributed by atoms with van der Waals surface area (Å²) in [4.78, 5) is 12.8. The molecule has 2 aromatic carbocycles. The number of sulfonamides is 1. The van der Waals surface area contributed by atoms with E-state index < -0.39 is 33.6 Å². The van der Waals surface area contributed by atoms with Crippen molar-refractivity contribution >= 4 is 21.6 Å². The molecule has 1 aliphatic rings. The van der Waals surface area contributed by atoms with Gasteiger partial charge >= 0.3 is 0 Å². The number of hydrogen-bond acceptors (Lipinski definition) is 3. The van der Waals surface area contributed by atoms with E-state index in [1.807, 2.05) is 24.3 Å². The van der Waals surface area contributed by atoms with E-state index in [4.69, 9.17) is 0 Å². The molecule has 0 saturated heterocycles. The molecule has 0 fully saturated rings. The monoisotopic (exact) mass is 408 g/mol. The Morgan fingerprint density at radius 1 is 1.18 bits per heavy atom. The van der Waals surface area contributed by atoms with Crippen LogP contribution in [0.15, 0.2) is 42.5 Å². The van der Waals surface area contributed by atoms with Crippen LogP contribution in [0, 0.1) is 11.6 Å². The third-order valence-corrected chi connectivity index (χ3v) is 6.17. The second-order valence-electron chi connectivity index (χ2n) is 6.99. The summed E-state index contributed by atoms with van der Waals surface area (Å²) in [5.41, 5.74) is 2.08. The molecule has 0 aromatic heterocycles. The Morgan fingerprint density at radius 3 is 2.57 bits per heavy atom. The van der Waals surface area contributed by atoms with E-state index in [1.54, 1.807) is 0 Å². The third-order valence-electron chi connectivity index (χ3n) is 4.93. The molecule has 1 N–H and O–H groups in total. The second-order valence-corrected chi connectivity index (χ2v) is 8.84. The zero-order valence-corrected chi connectivity index (χ0v) is 16.5. The van der Waals surface area contributed by atoms with Crippen LogP contribution >= 0.6 is 0 Å². The Bertz CT molecular complexity index is 995. The zero-order valence-electron chi connectivity index (χ0n) is 15.7. The van der Waals surface area contributed by atoms with Crippen molar-refractivity contribution in [2.75, 3.05) is 10.6 Å². The minimum absolute atomic E-state index is 0.104. The Balaban J connectivity index is 1.86. The summed E-state index contributed by atoms with van der Waals surface area (Å²) in [5, 5.41) is 2.91. The third kappa shape index (κ3) is 4.16. The van der Waals surface area contributed by atoms with Crippen LogP contribution in [-0.4, -0.2) is 26.6 Å². The summed E-state index contributed by atoms with van der Waals surface area (Å²) in [5.74, 6) is -2.77. The molecule has 0 spiro atoms. The van der Waals surface area contributed by atoms with Crippen LogP contribution in [0.25, 0.3) is 0 Å². The Labute approximate surface area is 163 Å². The van der Waals surface area contributed by atoms with Crippen molar-refractivity contribution in [3.63, 3.8) is 0 Å². The van der Waals surface area contributed by atoms with Gasteiger partial charge in [0.15, 0.2) is 11.6 Å². The van der Waals surface area contributed by atoms with E-state index in [1.165, 1.54) is 6.92 Å². The standard InChI is InChI=1S/C20H22F2N2O3S/c1-13(24(28(2,26)27)15-10-11-17(21)18(22)12-15)20(25)23-19-9-5-7-14-6-3-4-8-16(14)19/h3-4,6,8,10-13,19H,5,7,9H2,1-2H3,(H,23,25)/t13-,19+/m0/s1. The summed E-state index contributed by atoms with van der Waals surface area (Å²) in [7, 11) is -3.91. The smallest absolute Gasteiger partial charge is 0.244 e. The normalized spacial score (nSPS) is 17.5. The maximum absolute atomic E-state index is 13.6. The number of benzene rings is 2. The molecule has 1 aliphatic carbocycles. The van der Waals surface area contributed by atoms with E-state index in [9.17, 15) is 22.0 Å². The van der Waals surface area contributed by atoms with Gasteiger partial charge in [0.1, 0.15) is 6.04 Å². The lowest BCUT2D eigenvalue weighted by atomic mass is 9.87. The van der Waals surface area contributed by atoms with Crippen LogP contribution in [0.1, 0.15) is 36.9 Å². The van der Waals surface area contributed by atoms with Crippen LogP contribution in [0.3, 0.4) is 0 Å². The lowest BCUT2D eigenvalue weighted by Crippen LogP contribution is -2.49. The number of carbonyl (C=O) groups is 1. The largest absolute Gasteiger partial charge is 0.347 e. The highest BCUT2D eigenvalue weighted by molar-refractivity contribution is 7.92. The van der Waals surface area contributed by atoms with Crippen molar-refractivity contribution in [2.45, 2.75) is 38.3 Å². The first-order valence-electron chi connectivity index (χ1n) is 9.01. The maximum Gasteiger partial charge on any atom is 0.244 e. The number of hydrogen-bond donors (Lipinski definition) is 1. The summed E-state index contributed by atoms with van der Waals surface area (Å²) in [6.07, 6.45) is 3.52. The molecule has 2 atom stereocenters. The highest BCUT2D eigenvalue weighted by Crippen LogP contribution is 2.30. The predicted octanol–water partition coefficient (Wildman–Crippen LogP) is 3.31. The molecular weight excluding hydrogens is 386 g/mol. The molecule has 28 heavy (non-hydrogen) atoms. The van der Waals surface area contributed by atoms with Gasteiger partial charge in [-0.05, 0) is 49.4 Å². The molecule has 0 unspecified atom stereocenters. The molecule has 1 amide bonds. The number of anilines is 1. The minimum atomic E-state index is -3.91. The first kappa shape index (κ1) is 20.3. The van der Waals surface area contributed by atoms with Crippen molar-refractivity contribution in [2.24, 2.45) is 0 Å². The molecule has 150 valence electrons. The van der Waals surface area contributed by atoms with Crippen LogP contribution in [0.4, 0.5) is 14.5 Å². The Hall–Kier alpha value is -2.48. The van der Waals surface area contributed by atoms with E-state index in [0.29, 0.717) is 0 Å². The first-order chi connectivity index (χ1) is 13.2. The van der Waals surface area contributed by atoms with Crippen molar-refractivity contribution in [1.82, 2.24) is 5.32 Å². The predicted molar refractivity (Wildman–Crippen MR) is 103 cm³/mol. The molecule has 0 aliphatic heterocycles. The van der Waals surface area contributed by atoms with Crippen LogP contribution < -0.4 is 9.62 Å². The number of fused-ring (bicyclic) bond motifs is 1. The molecule has 0 radical (unpaired) electrons. The maximum atomic E-state index is 13.6. The van der Waals surface area contributed by atoms with E-state index in [-0.39, 0.29) is 11.7 Å². The lowest BCUT2D eigenvalue weighted by molar-refractivity contribution is -0.122. The number of amides is 1. The van der Waals surface area contributed by atoms with E-state index in [0.717, 1.165) is 59.1 Å². The summed E-state index contributed by atoms with van der Waals surface area (Å²) < 4.78 is 52.3. The lowest BCUT2D eigenvalue weighted by Gasteiger charge is -2.31. The fourth-order valence-electron chi connectivity index (χ4n) is 3.63. The number of carbonyl (C=O) groups excluding carboxylic acids is 1. The van der Waals surface area contributed by atoms with Crippen LogP contribution in [-0.2, 0) is 21.2 Å². The van der Waals surface area contributed by atoms with Gasteiger partial charge in [-0.2, -0.15) is 0 Å². The molecule has 5 nitrogen and oxygen atoms in total. The quantitative estimate of drug-likeness (QED) is 0.826. The topological polar surface area (TPSA) is 66.5 Å². The molecule has 0 saturated carbocycles. The van der Waals surface area contributed by atoms with Gasteiger partial charge in [0.2, 0.25) is 15.9 Å². The highest BCUT2D eigenvalue weighted by atomic mass is 32.2. The fraction of sp³-hybridized carbons (Fsp3) is 0.350.